The normalized spacial score (nSPS) is 21.6. The number of nitrogens with one attached hydrogen (secondary N) is 1. The van der Waals surface area contributed by atoms with Gasteiger partial charge in [0, 0.05) is 10.7 Å². The molecule has 1 aliphatic rings. The Balaban J connectivity index is 2.20. The number of rotatable bonds is 3. The summed E-state index contributed by atoms with van der Waals surface area (Å²) in [6, 6.07) is 5.27. The summed E-state index contributed by atoms with van der Waals surface area (Å²) in [6.45, 7) is 3.74. The zero-order chi connectivity index (χ0) is 15.6. The van der Waals surface area contributed by atoms with Gasteiger partial charge in [0.15, 0.2) is 0 Å². The molecule has 21 heavy (non-hydrogen) atoms. The van der Waals surface area contributed by atoms with Crippen LogP contribution in [0.4, 0.5) is 5.69 Å². The minimum absolute atomic E-state index is 0.264. The van der Waals surface area contributed by atoms with Gasteiger partial charge >= 0.3 is 5.97 Å². The second kappa shape index (κ2) is 6.31. The first-order valence-electron chi connectivity index (χ1n) is 6.84. The van der Waals surface area contributed by atoms with E-state index < -0.39 is 17.8 Å². The fourth-order valence-corrected chi connectivity index (χ4v) is 2.76. The molecule has 4 nitrogen and oxygen atoms in total. The van der Waals surface area contributed by atoms with Gasteiger partial charge in [-0.1, -0.05) is 29.3 Å². The first-order valence-corrected chi connectivity index (χ1v) is 7.22. The molecule has 2 rings (SSSR count). The number of aliphatic carboxylic acids is 1. The van der Waals surface area contributed by atoms with E-state index in [1.807, 2.05) is 19.9 Å². The highest BCUT2D eigenvalue weighted by molar-refractivity contribution is 6.31. The number of carbonyl (C=O) groups excluding carboxylic acids is 1. The molecule has 0 saturated heterocycles. The molecule has 0 aromatic heterocycles. The van der Waals surface area contributed by atoms with E-state index in [2.05, 4.69) is 5.32 Å². The summed E-state index contributed by atoms with van der Waals surface area (Å²) >= 11 is 6.03. The van der Waals surface area contributed by atoms with E-state index in [-0.39, 0.29) is 5.91 Å². The summed E-state index contributed by atoms with van der Waals surface area (Å²) in [6.07, 6.45) is 2.77. The summed E-state index contributed by atoms with van der Waals surface area (Å²) in [5.41, 5.74) is 2.46. The van der Waals surface area contributed by atoms with Crippen molar-refractivity contribution in [2.75, 3.05) is 5.32 Å². The van der Waals surface area contributed by atoms with E-state index in [1.165, 1.54) is 0 Å². The molecule has 0 bridgehead atoms. The molecule has 1 aliphatic carbocycles. The maximum Gasteiger partial charge on any atom is 0.307 e. The van der Waals surface area contributed by atoms with Crippen molar-refractivity contribution >= 4 is 29.2 Å². The molecular weight excluding hydrogens is 290 g/mol. The van der Waals surface area contributed by atoms with Crippen molar-refractivity contribution in [3.05, 3.63) is 40.4 Å². The van der Waals surface area contributed by atoms with Crippen molar-refractivity contribution in [3.8, 4) is 0 Å². The number of halogens is 1. The van der Waals surface area contributed by atoms with Crippen molar-refractivity contribution in [2.45, 2.75) is 26.7 Å². The molecule has 0 aliphatic heterocycles. The van der Waals surface area contributed by atoms with Gasteiger partial charge in [-0.05, 0) is 44.4 Å². The van der Waals surface area contributed by atoms with Crippen LogP contribution >= 0.6 is 11.6 Å². The van der Waals surface area contributed by atoms with Crippen molar-refractivity contribution in [1.29, 1.82) is 0 Å². The van der Waals surface area contributed by atoms with Crippen molar-refractivity contribution in [3.63, 3.8) is 0 Å². The number of benzene rings is 1. The molecule has 5 heteroatoms. The fraction of sp³-hybridized carbons (Fsp3) is 0.375. The maximum atomic E-state index is 12.4. The highest BCUT2D eigenvalue weighted by atomic mass is 35.5. The number of carboxylic acid groups (broad SMARTS) is 1. The minimum Gasteiger partial charge on any atom is -0.481 e. The fourth-order valence-electron chi connectivity index (χ4n) is 2.58. The molecule has 0 heterocycles. The summed E-state index contributed by atoms with van der Waals surface area (Å²) in [4.78, 5) is 23.8. The van der Waals surface area contributed by atoms with Gasteiger partial charge in [0.2, 0.25) is 5.91 Å². The number of carbonyl (C=O) groups is 2. The van der Waals surface area contributed by atoms with E-state index in [4.69, 9.17) is 11.6 Å². The van der Waals surface area contributed by atoms with E-state index in [0.29, 0.717) is 23.6 Å². The summed E-state index contributed by atoms with van der Waals surface area (Å²) in [5.74, 6) is -2.42. The zero-order valence-electron chi connectivity index (χ0n) is 12.0. The van der Waals surface area contributed by atoms with Crippen LogP contribution in [0.25, 0.3) is 0 Å². The monoisotopic (exact) mass is 307 g/mol. The third-order valence-corrected chi connectivity index (χ3v) is 4.34. The Morgan fingerprint density at radius 3 is 2.67 bits per heavy atom. The van der Waals surface area contributed by atoms with Crippen molar-refractivity contribution in [1.82, 2.24) is 0 Å². The molecule has 1 aromatic carbocycles. The Hall–Kier alpha value is -1.81. The Labute approximate surface area is 128 Å². The van der Waals surface area contributed by atoms with Crippen LogP contribution in [0.1, 0.15) is 25.3 Å². The van der Waals surface area contributed by atoms with E-state index in [1.54, 1.807) is 18.2 Å². The quantitative estimate of drug-likeness (QED) is 0.838. The molecule has 0 unspecified atom stereocenters. The lowest BCUT2D eigenvalue weighted by Gasteiger charge is -2.27. The lowest BCUT2D eigenvalue weighted by Crippen LogP contribution is -2.35. The molecule has 0 fully saturated rings. The lowest BCUT2D eigenvalue weighted by molar-refractivity contribution is -0.146. The summed E-state index contributed by atoms with van der Waals surface area (Å²) < 4.78 is 0. The van der Waals surface area contributed by atoms with Gasteiger partial charge in [-0.2, -0.15) is 0 Å². The average Bonchev–Trinajstić information content (AvgIpc) is 2.43. The molecule has 0 saturated carbocycles. The van der Waals surface area contributed by atoms with Gasteiger partial charge in [0.05, 0.1) is 11.8 Å². The van der Waals surface area contributed by atoms with Gasteiger partial charge in [-0.15, -0.1) is 0 Å². The van der Waals surface area contributed by atoms with Gasteiger partial charge in [0.25, 0.3) is 0 Å². The lowest BCUT2D eigenvalue weighted by atomic mass is 9.79. The van der Waals surface area contributed by atoms with E-state index in [9.17, 15) is 14.7 Å². The second-order valence-electron chi connectivity index (χ2n) is 5.44. The SMILES string of the molecule is CC1=CC[C@H](C(=O)O)[C@H](C(=O)Nc2cccc(Cl)c2C)C1. The molecule has 1 aromatic rings. The molecule has 2 atom stereocenters. The predicted octanol–water partition coefficient (Wildman–Crippen LogP) is 3.64. The van der Waals surface area contributed by atoms with Gasteiger partial charge in [-0.3, -0.25) is 9.59 Å². The summed E-state index contributed by atoms with van der Waals surface area (Å²) in [5, 5.41) is 12.7. The van der Waals surface area contributed by atoms with Gasteiger partial charge in [0.1, 0.15) is 0 Å². The van der Waals surface area contributed by atoms with E-state index >= 15 is 0 Å². The van der Waals surface area contributed by atoms with Crippen LogP contribution in [-0.4, -0.2) is 17.0 Å². The molecule has 0 radical (unpaired) electrons. The maximum absolute atomic E-state index is 12.4. The average molecular weight is 308 g/mol. The van der Waals surface area contributed by atoms with Crippen LogP contribution in [0.5, 0.6) is 0 Å². The Kier molecular flexibility index (Phi) is 4.68. The number of hydrogen-bond acceptors (Lipinski definition) is 2. The highest BCUT2D eigenvalue weighted by Crippen LogP contribution is 2.32. The number of carboxylic acids is 1. The Morgan fingerprint density at radius 2 is 2.00 bits per heavy atom. The predicted molar refractivity (Wildman–Crippen MR) is 82.4 cm³/mol. The van der Waals surface area contributed by atoms with Crippen LogP contribution in [0, 0.1) is 18.8 Å². The van der Waals surface area contributed by atoms with Gasteiger partial charge in [-0.25, -0.2) is 0 Å². The number of hydrogen-bond donors (Lipinski definition) is 2. The first kappa shape index (κ1) is 15.6. The van der Waals surface area contributed by atoms with Crippen LogP contribution < -0.4 is 5.32 Å². The third kappa shape index (κ3) is 3.45. The largest absolute Gasteiger partial charge is 0.481 e. The van der Waals surface area contributed by atoms with Crippen LogP contribution in [0.2, 0.25) is 5.02 Å². The van der Waals surface area contributed by atoms with Crippen LogP contribution in [0.15, 0.2) is 29.8 Å². The number of allylic oxidation sites excluding steroid dienone is 2. The summed E-state index contributed by atoms with van der Waals surface area (Å²) in [7, 11) is 0. The van der Waals surface area contributed by atoms with Crippen molar-refractivity contribution in [2.24, 2.45) is 11.8 Å². The highest BCUT2D eigenvalue weighted by Gasteiger charge is 2.35. The first-order chi connectivity index (χ1) is 9.90. The van der Waals surface area contributed by atoms with E-state index in [0.717, 1.165) is 11.1 Å². The number of anilines is 1. The Bertz CT molecular complexity index is 610. The molecule has 112 valence electrons. The standard InChI is InChI=1S/C16H18ClNO3/c1-9-6-7-11(16(20)21)12(8-9)15(19)18-14-5-3-4-13(17)10(14)2/h3-6,11-12H,7-8H2,1-2H3,(H,18,19)(H,20,21)/t11-,12+/m0/s1. The Morgan fingerprint density at radius 1 is 1.29 bits per heavy atom. The smallest absolute Gasteiger partial charge is 0.307 e. The molecule has 0 spiro atoms. The number of amides is 1. The van der Waals surface area contributed by atoms with Crippen LogP contribution in [-0.2, 0) is 9.59 Å². The van der Waals surface area contributed by atoms with Crippen LogP contribution in [0.3, 0.4) is 0 Å². The second-order valence-corrected chi connectivity index (χ2v) is 5.85. The van der Waals surface area contributed by atoms with Crippen molar-refractivity contribution < 1.29 is 14.7 Å². The molecule has 2 N–H and O–H groups in total. The molecular formula is C16H18ClNO3. The van der Waals surface area contributed by atoms with Gasteiger partial charge < -0.3 is 10.4 Å². The third-order valence-electron chi connectivity index (χ3n) is 3.93. The molecule has 1 amide bonds. The topological polar surface area (TPSA) is 66.4 Å². The zero-order valence-corrected chi connectivity index (χ0v) is 12.8. The minimum atomic E-state index is -0.929.